The molecule has 0 aliphatic carbocycles. The molecule has 0 aliphatic rings. The summed E-state index contributed by atoms with van der Waals surface area (Å²) in [5.41, 5.74) is 3.28. The zero-order chi connectivity index (χ0) is 13.9. The summed E-state index contributed by atoms with van der Waals surface area (Å²) >= 11 is 0. The van der Waals surface area contributed by atoms with Gasteiger partial charge in [0.05, 0.1) is 25.8 Å². The van der Waals surface area contributed by atoms with Gasteiger partial charge in [-0.05, 0) is 26.0 Å². The summed E-state index contributed by atoms with van der Waals surface area (Å²) in [5, 5.41) is 3.90. The Kier molecular flexibility index (Phi) is 7.27. The molecular formula is C14H20N2O3. The second kappa shape index (κ2) is 9.10. The first-order valence-electron chi connectivity index (χ1n) is 6.39. The van der Waals surface area contributed by atoms with Gasteiger partial charge in [-0.1, -0.05) is 12.1 Å². The van der Waals surface area contributed by atoms with Crippen LogP contribution in [0.15, 0.2) is 29.4 Å². The van der Waals surface area contributed by atoms with Gasteiger partial charge in [0.15, 0.2) is 0 Å². The van der Waals surface area contributed by atoms with Gasteiger partial charge in [0.25, 0.3) is 0 Å². The molecule has 104 valence electrons. The molecule has 0 aromatic heterocycles. The van der Waals surface area contributed by atoms with Crippen LogP contribution >= 0.6 is 0 Å². The third kappa shape index (κ3) is 6.01. The number of nitrogens with zero attached hydrogens (tertiary/aromatic N) is 1. The van der Waals surface area contributed by atoms with Gasteiger partial charge in [-0.25, -0.2) is 5.43 Å². The van der Waals surface area contributed by atoms with Crippen molar-refractivity contribution in [1.82, 2.24) is 5.43 Å². The maximum Gasteiger partial charge on any atom is 0.242 e. The van der Waals surface area contributed by atoms with Crippen LogP contribution in [-0.2, 0) is 9.53 Å². The van der Waals surface area contributed by atoms with E-state index in [1.54, 1.807) is 6.21 Å². The van der Waals surface area contributed by atoms with Gasteiger partial charge < -0.3 is 9.47 Å². The molecule has 0 fully saturated rings. The van der Waals surface area contributed by atoms with E-state index >= 15 is 0 Å². The third-order valence-corrected chi connectivity index (χ3v) is 2.29. The standard InChI is InChI=1S/C14H20N2O3/c1-3-18-10-9-14(17)16-15-11-12-7-5-6-8-13(12)19-4-2/h5-8,11H,3-4,9-10H2,1-2H3,(H,16,17)/b15-11+. The van der Waals surface area contributed by atoms with Crippen molar-refractivity contribution in [3.63, 3.8) is 0 Å². The van der Waals surface area contributed by atoms with Crippen molar-refractivity contribution < 1.29 is 14.3 Å². The second-order valence-corrected chi connectivity index (χ2v) is 3.71. The lowest BCUT2D eigenvalue weighted by Gasteiger charge is -2.05. The van der Waals surface area contributed by atoms with Gasteiger partial charge in [-0.2, -0.15) is 5.10 Å². The van der Waals surface area contributed by atoms with E-state index in [0.29, 0.717) is 26.2 Å². The van der Waals surface area contributed by atoms with E-state index in [1.165, 1.54) is 0 Å². The van der Waals surface area contributed by atoms with Crippen LogP contribution in [0.3, 0.4) is 0 Å². The minimum Gasteiger partial charge on any atom is -0.493 e. The lowest BCUT2D eigenvalue weighted by atomic mass is 10.2. The number of amides is 1. The molecule has 0 unspecified atom stereocenters. The Morgan fingerprint density at radius 3 is 2.84 bits per heavy atom. The molecule has 1 aromatic carbocycles. The molecule has 1 aromatic rings. The van der Waals surface area contributed by atoms with E-state index in [-0.39, 0.29) is 5.91 Å². The highest BCUT2D eigenvalue weighted by molar-refractivity contribution is 5.85. The fraction of sp³-hybridized carbons (Fsp3) is 0.429. The summed E-state index contributed by atoms with van der Waals surface area (Å²) < 4.78 is 10.5. The van der Waals surface area contributed by atoms with Gasteiger partial charge in [0.1, 0.15) is 5.75 Å². The number of hydrogen-bond donors (Lipinski definition) is 1. The highest BCUT2D eigenvalue weighted by atomic mass is 16.5. The molecule has 1 N–H and O–H groups in total. The highest BCUT2D eigenvalue weighted by Gasteiger charge is 2.00. The smallest absolute Gasteiger partial charge is 0.242 e. The zero-order valence-corrected chi connectivity index (χ0v) is 11.4. The summed E-state index contributed by atoms with van der Waals surface area (Å²) in [7, 11) is 0. The number of ether oxygens (including phenoxy) is 2. The fourth-order valence-corrected chi connectivity index (χ4v) is 1.41. The van der Waals surface area contributed by atoms with Crippen LogP contribution in [0, 0.1) is 0 Å². The summed E-state index contributed by atoms with van der Waals surface area (Å²) in [4.78, 5) is 11.4. The van der Waals surface area contributed by atoms with Crippen LogP contribution in [0.1, 0.15) is 25.8 Å². The number of carbonyl (C=O) groups excluding carboxylic acids is 1. The Morgan fingerprint density at radius 1 is 1.32 bits per heavy atom. The van der Waals surface area contributed by atoms with Crippen LogP contribution in [0.25, 0.3) is 0 Å². The molecule has 0 aliphatic heterocycles. The van der Waals surface area contributed by atoms with E-state index in [2.05, 4.69) is 10.5 Å². The van der Waals surface area contributed by atoms with Crippen LogP contribution in [0.5, 0.6) is 5.75 Å². The monoisotopic (exact) mass is 264 g/mol. The van der Waals surface area contributed by atoms with Crippen molar-refractivity contribution in [3.8, 4) is 5.75 Å². The van der Waals surface area contributed by atoms with E-state index in [1.807, 2.05) is 38.1 Å². The Hall–Kier alpha value is -1.88. The quantitative estimate of drug-likeness (QED) is 0.443. The number of rotatable bonds is 8. The SMILES string of the molecule is CCOCCC(=O)N/N=C/c1ccccc1OCC. The molecule has 0 spiro atoms. The Balaban J connectivity index is 2.45. The summed E-state index contributed by atoms with van der Waals surface area (Å²) in [6.45, 7) is 5.42. The summed E-state index contributed by atoms with van der Waals surface area (Å²) in [5.74, 6) is 0.580. The molecule has 1 amide bonds. The number of hydrazone groups is 1. The Labute approximate surface area is 113 Å². The normalized spacial score (nSPS) is 10.6. The average Bonchev–Trinajstić information content (AvgIpc) is 2.41. The number of carbonyl (C=O) groups is 1. The van der Waals surface area contributed by atoms with E-state index in [4.69, 9.17) is 9.47 Å². The van der Waals surface area contributed by atoms with Crippen LogP contribution < -0.4 is 10.2 Å². The summed E-state index contributed by atoms with van der Waals surface area (Å²) in [6, 6.07) is 7.52. The first-order valence-corrected chi connectivity index (χ1v) is 6.39. The highest BCUT2D eigenvalue weighted by Crippen LogP contribution is 2.15. The van der Waals surface area contributed by atoms with Crippen molar-refractivity contribution in [3.05, 3.63) is 29.8 Å². The molecule has 5 nitrogen and oxygen atoms in total. The number of para-hydroxylation sites is 1. The van der Waals surface area contributed by atoms with Gasteiger partial charge in [0.2, 0.25) is 5.91 Å². The van der Waals surface area contributed by atoms with Crippen molar-refractivity contribution in [2.45, 2.75) is 20.3 Å². The van der Waals surface area contributed by atoms with Gasteiger partial charge >= 0.3 is 0 Å². The minimum atomic E-state index is -0.168. The van der Waals surface area contributed by atoms with Crippen molar-refractivity contribution in [2.75, 3.05) is 19.8 Å². The average molecular weight is 264 g/mol. The first-order chi connectivity index (χ1) is 9.27. The molecule has 0 atom stereocenters. The predicted octanol–water partition coefficient (Wildman–Crippen LogP) is 1.96. The van der Waals surface area contributed by atoms with Crippen LogP contribution in [-0.4, -0.2) is 31.9 Å². The van der Waals surface area contributed by atoms with Gasteiger partial charge in [-0.3, -0.25) is 4.79 Å². The van der Waals surface area contributed by atoms with Crippen molar-refractivity contribution >= 4 is 12.1 Å². The van der Waals surface area contributed by atoms with Crippen LogP contribution in [0.4, 0.5) is 0 Å². The zero-order valence-electron chi connectivity index (χ0n) is 11.4. The first kappa shape index (κ1) is 15.2. The number of nitrogens with one attached hydrogen (secondary N) is 1. The lowest BCUT2D eigenvalue weighted by molar-refractivity contribution is -0.122. The molecule has 0 radical (unpaired) electrons. The molecule has 0 bridgehead atoms. The minimum absolute atomic E-state index is 0.168. The fourth-order valence-electron chi connectivity index (χ4n) is 1.41. The number of benzene rings is 1. The Morgan fingerprint density at radius 2 is 2.11 bits per heavy atom. The second-order valence-electron chi connectivity index (χ2n) is 3.71. The maximum absolute atomic E-state index is 11.4. The molecule has 0 saturated carbocycles. The van der Waals surface area contributed by atoms with E-state index in [0.717, 1.165) is 11.3 Å². The predicted molar refractivity (Wildman–Crippen MR) is 74.5 cm³/mol. The lowest BCUT2D eigenvalue weighted by Crippen LogP contribution is -2.19. The van der Waals surface area contributed by atoms with Gasteiger partial charge in [-0.15, -0.1) is 0 Å². The Bertz CT molecular complexity index is 419. The van der Waals surface area contributed by atoms with Crippen molar-refractivity contribution in [2.24, 2.45) is 5.10 Å². The molecule has 1 rings (SSSR count). The largest absolute Gasteiger partial charge is 0.493 e. The van der Waals surface area contributed by atoms with E-state index in [9.17, 15) is 4.79 Å². The third-order valence-electron chi connectivity index (χ3n) is 2.29. The maximum atomic E-state index is 11.4. The number of hydrogen-bond acceptors (Lipinski definition) is 4. The van der Waals surface area contributed by atoms with Gasteiger partial charge in [0, 0.05) is 12.2 Å². The topological polar surface area (TPSA) is 59.9 Å². The molecule has 19 heavy (non-hydrogen) atoms. The molecule has 0 heterocycles. The molecule has 5 heteroatoms. The summed E-state index contributed by atoms with van der Waals surface area (Å²) in [6.07, 6.45) is 1.88. The van der Waals surface area contributed by atoms with E-state index < -0.39 is 0 Å². The van der Waals surface area contributed by atoms with Crippen LogP contribution in [0.2, 0.25) is 0 Å². The molecular weight excluding hydrogens is 244 g/mol. The van der Waals surface area contributed by atoms with Crippen molar-refractivity contribution in [1.29, 1.82) is 0 Å². The molecule has 0 saturated heterocycles.